The summed E-state index contributed by atoms with van der Waals surface area (Å²) in [4.78, 5) is 18.2. The van der Waals surface area contributed by atoms with E-state index in [0.717, 1.165) is 37.1 Å². The third-order valence-electron chi connectivity index (χ3n) is 4.48. The largest absolute Gasteiger partial charge is 0.352 e. The lowest BCUT2D eigenvalue weighted by atomic mass is 10.0. The minimum absolute atomic E-state index is 0.497. The summed E-state index contributed by atoms with van der Waals surface area (Å²) in [6.07, 6.45) is 5.30. The first-order chi connectivity index (χ1) is 11.7. The number of nitrogens with zero attached hydrogens (tertiary/aromatic N) is 5. The topological polar surface area (TPSA) is 45.2 Å². The van der Waals surface area contributed by atoms with Crippen LogP contribution in [-0.4, -0.2) is 41.1 Å². The summed E-state index contributed by atoms with van der Waals surface area (Å²) < 4.78 is 1.28. The SMILES string of the molecule is CC(C)c1cccc2sc(N3CCN(c4cnccn4)CC3)nc12. The number of aromatic nitrogens is 3. The molecule has 1 fully saturated rings. The number of rotatable bonds is 3. The van der Waals surface area contributed by atoms with Crippen molar-refractivity contribution in [3.63, 3.8) is 0 Å². The number of fused-ring (bicyclic) bond motifs is 1. The summed E-state index contributed by atoms with van der Waals surface area (Å²) in [6, 6.07) is 6.52. The fourth-order valence-electron chi connectivity index (χ4n) is 3.14. The zero-order valence-corrected chi connectivity index (χ0v) is 14.8. The van der Waals surface area contributed by atoms with E-state index in [4.69, 9.17) is 4.98 Å². The van der Waals surface area contributed by atoms with Crippen molar-refractivity contribution in [3.05, 3.63) is 42.4 Å². The Labute approximate surface area is 146 Å². The lowest BCUT2D eigenvalue weighted by Gasteiger charge is -2.34. The highest BCUT2D eigenvalue weighted by molar-refractivity contribution is 7.22. The molecule has 0 atom stereocenters. The van der Waals surface area contributed by atoms with Crippen molar-refractivity contribution in [3.8, 4) is 0 Å². The molecular formula is C18H21N5S. The van der Waals surface area contributed by atoms with Gasteiger partial charge in [0.2, 0.25) is 0 Å². The van der Waals surface area contributed by atoms with E-state index in [-0.39, 0.29) is 0 Å². The van der Waals surface area contributed by atoms with E-state index in [1.807, 2.05) is 6.20 Å². The lowest BCUT2D eigenvalue weighted by Crippen LogP contribution is -2.46. The van der Waals surface area contributed by atoms with Gasteiger partial charge in [-0.3, -0.25) is 4.98 Å². The van der Waals surface area contributed by atoms with E-state index in [9.17, 15) is 0 Å². The molecule has 0 unspecified atom stereocenters. The zero-order valence-electron chi connectivity index (χ0n) is 14.0. The molecule has 5 nitrogen and oxygen atoms in total. The Kier molecular flexibility index (Phi) is 4.06. The van der Waals surface area contributed by atoms with Crippen molar-refractivity contribution in [1.82, 2.24) is 15.0 Å². The molecular weight excluding hydrogens is 318 g/mol. The highest BCUT2D eigenvalue weighted by atomic mass is 32.1. The first-order valence-corrected chi connectivity index (χ1v) is 9.19. The molecule has 24 heavy (non-hydrogen) atoms. The van der Waals surface area contributed by atoms with Gasteiger partial charge in [0.25, 0.3) is 0 Å². The lowest BCUT2D eigenvalue weighted by molar-refractivity contribution is 0.645. The Morgan fingerprint density at radius 3 is 2.54 bits per heavy atom. The van der Waals surface area contributed by atoms with Gasteiger partial charge in [0.15, 0.2) is 5.13 Å². The van der Waals surface area contributed by atoms with Crippen LogP contribution in [-0.2, 0) is 0 Å². The Morgan fingerprint density at radius 1 is 1.04 bits per heavy atom. The summed E-state index contributed by atoms with van der Waals surface area (Å²) >= 11 is 1.80. The fourth-order valence-corrected chi connectivity index (χ4v) is 4.19. The molecule has 0 N–H and O–H groups in total. The summed E-state index contributed by atoms with van der Waals surface area (Å²) in [5.41, 5.74) is 2.51. The van der Waals surface area contributed by atoms with E-state index in [1.54, 1.807) is 23.7 Å². The van der Waals surface area contributed by atoms with Crippen molar-refractivity contribution in [1.29, 1.82) is 0 Å². The van der Waals surface area contributed by atoms with E-state index in [1.165, 1.54) is 15.8 Å². The average molecular weight is 339 g/mol. The van der Waals surface area contributed by atoms with Crippen molar-refractivity contribution in [2.24, 2.45) is 0 Å². The summed E-state index contributed by atoms with van der Waals surface area (Å²) in [5.74, 6) is 1.46. The number of hydrogen-bond donors (Lipinski definition) is 0. The number of benzene rings is 1. The quantitative estimate of drug-likeness (QED) is 0.730. The zero-order chi connectivity index (χ0) is 16.5. The molecule has 0 aliphatic carbocycles. The van der Waals surface area contributed by atoms with Crippen LogP contribution >= 0.6 is 11.3 Å². The van der Waals surface area contributed by atoms with Crippen molar-refractivity contribution >= 4 is 32.5 Å². The van der Waals surface area contributed by atoms with Crippen LogP contribution in [0.2, 0.25) is 0 Å². The average Bonchev–Trinajstić information content (AvgIpc) is 3.06. The van der Waals surface area contributed by atoms with Gasteiger partial charge in [-0.1, -0.05) is 37.3 Å². The Balaban J connectivity index is 1.54. The molecule has 3 aromatic rings. The minimum atomic E-state index is 0.497. The number of anilines is 2. The number of piperazine rings is 1. The summed E-state index contributed by atoms with van der Waals surface area (Å²) in [5, 5.41) is 1.14. The highest BCUT2D eigenvalue weighted by Crippen LogP contribution is 2.33. The first-order valence-electron chi connectivity index (χ1n) is 8.38. The molecule has 1 aliphatic heterocycles. The molecule has 2 aromatic heterocycles. The predicted octanol–water partition coefficient (Wildman–Crippen LogP) is 3.54. The van der Waals surface area contributed by atoms with Crippen molar-refractivity contribution < 1.29 is 0 Å². The minimum Gasteiger partial charge on any atom is -0.352 e. The van der Waals surface area contributed by atoms with E-state index >= 15 is 0 Å². The van der Waals surface area contributed by atoms with Crippen LogP contribution in [0.15, 0.2) is 36.8 Å². The monoisotopic (exact) mass is 339 g/mol. The van der Waals surface area contributed by atoms with Gasteiger partial charge in [0, 0.05) is 38.6 Å². The number of hydrogen-bond acceptors (Lipinski definition) is 6. The smallest absolute Gasteiger partial charge is 0.186 e. The molecule has 124 valence electrons. The second-order valence-electron chi connectivity index (χ2n) is 6.38. The molecule has 0 bridgehead atoms. The van der Waals surface area contributed by atoms with Crippen LogP contribution in [0, 0.1) is 0 Å². The normalized spacial score (nSPS) is 15.5. The van der Waals surface area contributed by atoms with Crippen LogP contribution in [0.25, 0.3) is 10.2 Å². The van der Waals surface area contributed by atoms with Crippen molar-refractivity contribution in [2.75, 3.05) is 36.0 Å². The van der Waals surface area contributed by atoms with E-state index in [0.29, 0.717) is 5.92 Å². The van der Waals surface area contributed by atoms with Gasteiger partial charge in [-0.25, -0.2) is 9.97 Å². The molecule has 3 heterocycles. The van der Waals surface area contributed by atoms with Gasteiger partial charge in [0.1, 0.15) is 5.82 Å². The predicted molar refractivity (Wildman–Crippen MR) is 100 cm³/mol. The molecule has 1 saturated heterocycles. The van der Waals surface area contributed by atoms with Gasteiger partial charge in [-0.2, -0.15) is 0 Å². The molecule has 4 rings (SSSR count). The number of para-hydroxylation sites is 1. The van der Waals surface area contributed by atoms with Crippen molar-refractivity contribution in [2.45, 2.75) is 19.8 Å². The van der Waals surface area contributed by atoms with Crippen LogP contribution < -0.4 is 9.80 Å². The Bertz CT molecular complexity index is 822. The fraction of sp³-hybridized carbons (Fsp3) is 0.389. The first kappa shape index (κ1) is 15.3. The second kappa shape index (κ2) is 6.36. The Hall–Kier alpha value is -2.21. The molecule has 0 saturated carbocycles. The molecule has 1 aliphatic rings. The highest BCUT2D eigenvalue weighted by Gasteiger charge is 2.21. The van der Waals surface area contributed by atoms with Gasteiger partial charge < -0.3 is 9.80 Å². The molecule has 0 radical (unpaired) electrons. The molecule has 0 amide bonds. The third-order valence-corrected chi connectivity index (χ3v) is 5.57. The standard InChI is InChI=1S/C18H21N5S/c1-13(2)14-4-3-5-15-17(14)21-18(24-15)23-10-8-22(9-11-23)16-12-19-6-7-20-16/h3-7,12-13H,8-11H2,1-2H3. The maximum absolute atomic E-state index is 4.95. The maximum atomic E-state index is 4.95. The van der Waals surface area contributed by atoms with Gasteiger partial charge in [-0.15, -0.1) is 0 Å². The Morgan fingerprint density at radius 2 is 1.83 bits per heavy atom. The second-order valence-corrected chi connectivity index (χ2v) is 7.39. The molecule has 6 heteroatoms. The van der Waals surface area contributed by atoms with Crippen LogP contribution in [0.3, 0.4) is 0 Å². The third kappa shape index (κ3) is 2.82. The maximum Gasteiger partial charge on any atom is 0.186 e. The van der Waals surface area contributed by atoms with E-state index < -0.39 is 0 Å². The van der Waals surface area contributed by atoms with E-state index in [2.05, 4.69) is 51.8 Å². The molecule has 0 spiro atoms. The van der Waals surface area contributed by atoms with Crippen LogP contribution in [0.5, 0.6) is 0 Å². The molecule has 1 aromatic carbocycles. The summed E-state index contributed by atoms with van der Waals surface area (Å²) in [7, 11) is 0. The van der Waals surface area contributed by atoms with Gasteiger partial charge in [0.05, 0.1) is 16.4 Å². The van der Waals surface area contributed by atoms with Gasteiger partial charge in [-0.05, 0) is 17.5 Å². The number of thiazole rings is 1. The van der Waals surface area contributed by atoms with Crippen LogP contribution in [0.4, 0.5) is 10.9 Å². The van der Waals surface area contributed by atoms with Gasteiger partial charge >= 0.3 is 0 Å². The van der Waals surface area contributed by atoms with Crippen LogP contribution in [0.1, 0.15) is 25.3 Å². The summed E-state index contributed by atoms with van der Waals surface area (Å²) in [6.45, 7) is 8.29.